The third-order valence-electron chi connectivity index (χ3n) is 5.05. The van der Waals surface area contributed by atoms with Crippen molar-refractivity contribution in [2.45, 2.75) is 44.9 Å². The maximum Gasteiger partial charge on any atom is 0.228 e. The van der Waals surface area contributed by atoms with Gasteiger partial charge < -0.3 is 20.3 Å². The van der Waals surface area contributed by atoms with Crippen LogP contribution in [0.25, 0.3) is 0 Å². The first-order chi connectivity index (χ1) is 11.2. The maximum absolute atomic E-state index is 12.6. The summed E-state index contributed by atoms with van der Waals surface area (Å²) in [7, 11) is 1.64. The lowest BCUT2D eigenvalue weighted by Crippen LogP contribution is -2.50. The van der Waals surface area contributed by atoms with Crippen LogP contribution in [0.1, 0.15) is 44.9 Å². The molecule has 2 heterocycles. The van der Waals surface area contributed by atoms with Gasteiger partial charge in [-0.15, -0.1) is 0 Å². The predicted molar refractivity (Wildman–Crippen MR) is 89.1 cm³/mol. The van der Waals surface area contributed by atoms with Crippen molar-refractivity contribution in [3.05, 3.63) is 0 Å². The second-order valence-electron chi connectivity index (χ2n) is 6.76. The Hall–Kier alpha value is -1.14. The smallest absolute Gasteiger partial charge is 0.228 e. The van der Waals surface area contributed by atoms with Gasteiger partial charge in [0.1, 0.15) is 0 Å². The van der Waals surface area contributed by atoms with Crippen molar-refractivity contribution in [2.75, 3.05) is 46.4 Å². The monoisotopic (exact) mass is 325 g/mol. The summed E-state index contributed by atoms with van der Waals surface area (Å²) in [6.07, 6.45) is 6.60. The van der Waals surface area contributed by atoms with E-state index in [1.165, 1.54) is 12.8 Å². The minimum atomic E-state index is -0.439. The number of nitrogens with one attached hydrogen (secondary N) is 2. The summed E-state index contributed by atoms with van der Waals surface area (Å²) in [5, 5.41) is 6.25. The van der Waals surface area contributed by atoms with Crippen LogP contribution in [0, 0.1) is 5.41 Å². The predicted octanol–water partition coefficient (Wildman–Crippen LogP) is 0.912. The molecule has 2 saturated heterocycles. The number of ether oxygens (including phenoxy) is 1. The van der Waals surface area contributed by atoms with E-state index >= 15 is 0 Å². The van der Waals surface area contributed by atoms with Gasteiger partial charge in [-0.2, -0.15) is 0 Å². The first kappa shape index (κ1) is 18.2. The van der Waals surface area contributed by atoms with Gasteiger partial charge in [0, 0.05) is 33.2 Å². The fourth-order valence-corrected chi connectivity index (χ4v) is 3.57. The van der Waals surface area contributed by atoms with Gasteiger partial charge in [-0.3, -0.25) is 9.59 Å². The van der Waals surface area contributed by atoms with Crippen LogP contribution in [0.5, 0.6) is 0 Å². The Bertz CT molecular complexity index is 381. The SMILES string of the molecule is COCC1(C(=O)NCCC(=O)N2CCCCCC2)CCNCC1. The maximum atomic E-state index is 12.6. The van der Waals surface area contributed by atoms with Gasteiger partial charge in [-0.25, -0.2) is 0 Å². The van der Waals surface area contributed by atoms with Crippen LogP contribution in [-0.2, 0) is 14.3 Å². The van der Waals surface area contributed by atoms with Crippen LogP contribution < -0.4 is 10.6 Å². The zero-order chi connectivity index (χ0) is 16.5. The molecular formula is C17H31N3O3. The molecule has 2 aliphatic heterocycles. The van der Waals surface area contributed by atoms with Crippen molar-refractivity contribution < 1.29 is 14.3 Å². The van der Waals surface area contributed by atoms with Crippen LogP contribution in [-0.4, -0.2) is 63.2 Å². The highest BCUT2D eigenvalue weighted by molar-refractivity contribution is 5.84. The quantitative estimate of drug-likeness (QED) is 0.761. The molecule has 0 spiro atoms. The van der Waals surface area contributed by atoms with E-state index in [2.05, 4.69) is 10.6 Å². The average molecular weight is 325 g/mol. The molecule has 2 N–H and O–H groups in total. The molecule has 0 unspecified atom stereocenters. The van der Waals surface area contributed by atoms with Crippen LogP contribution in [0.2, 0.25) is 0 Å². The Balaban J connectivity index is 1.77. The van der Waals surface area contributed by atoms with E-state index in [9.17, 15) is 9.59 Å². The van der Waals surface area contributed by atoms with E-state index in [4.69, 9.17) is 4.74 Å². The molecule has 0 aliphatic carbocycles. The number of hydrogen-bond acceptors (Lipinski definition) is 4. The van der Waals surface area contributed by atoms with Crippen LogP contribution in [0.15, 0.2) is 0 Å². The molecular weight excluding hydrogens is 294 g/mol. The molecule has 0 saturated carbocycles. The van der Waals surface area contributed by atoms with Crippen LogP contribution >= 0.6 is 0 Å². The van der Waals surface area contributed by atoms with Crippen LogP contribution in [0.4, 0.5) is 0 Å². The Kier molecular flexibility index (Phi) is 7.30. The molecule has 132 valence electrons. The van der Waals surface area contributed by atoms with Gasteiger partial charge in [0.25, 0.3) is 0 Å². The molecule has 2 amide bonds. The minimum absolute atomic E-state index is 0.0320. The van der Waals surface area contributed by atoms with Crippen LogP contribution in [0.3, 0.4) is 0 Å². The Morgan fingerprint density at radius 3 is 2.39 bits per heavy atom. The first-order valence-electron chi connectivity index (χ1n) is 8.94. The lowest BCUT2D eigenvalue weighted by atomic mass is 9.78. The van der Waals surface area contributed by atoms with Crippen molar-refractivity contribution >= 4 is 11.8 Å². The highest BCUT2D eigenvalue weighted by Gasteiger charge is 2.39. The van der Waals surface area contributed by atoms with Gasteiger partial charge in [0.05, 0.1) is 12.0 Å². The molecule has 0 aromatic carbocycles. The fraction of sp³-hybridized carbons (Fsp3) is 0.882. The number of hydrogen-bond donors (Lipinski definition) is 2. The van der Waals surface area contributed by atoms with E-state index < -0.39 is 5.41 Å². The fourth-order valence-electron chi connectivity index (χ4n) is 3.57. The highest BCUT2D eigenvalue weighted by Crippen LogP contribution is 2.29. The number of carbonyl (C=O) groups excluding carboxylic acids is 2. The zero-order valence-electron chi connectivity index (χ0n) is 14.4. The Labute approximate surface area is 139 Å². The summed E-state index contributed by atoms with van der Waals surface area (Å²) in [4.78, 5) is 26.8. The summed E-state index contributed by atoms with van der Waals surface area (Å²) in [6, 6.07) is 0. The second kappa shape index (κ2) is 9.23. The lowest BCUT2D eigenvalue weighted by molar-refractivity contribution is -0.136. The molecule has 6 nitrogen and oxygen atoms in total. The number of likely N-dealkylation sites (tertiary alicyclic amines) is 1. The number of nitrogens with zero attached hydrogens (tertiary/aromatic N) is 1. The summed E-state index contributed by atoms with van der Waals surface area (Å²) in [6.45, 7) is 4.28. The number of rotatable bonds is 6. The Morgan fingerprint density at radius 2 is 1.78 bits per heavy atom. The molecule has 0 bridgehead atoms. The summed E-state index contributed by atoms with van der Waals surface area (Å²) >= 11 is 0. The molecule has 0 atom stereocenters. The normalized spacial score (nSPS) is 21.5. The van der Waals surface area contributed by atoms with Gasteiger partial charge in [0.15, 0.2) is 0 Å². The number of carbonyl (C=O) groups is 2. The first-order valence-corrected chi connectivity index (χ1v) is 8.94. The standard InChI is InChI=1S/C17H31N3O3/c1-23-14-17(7-10-18-11-8-17)16(22)19-9-6-15(21)20-12-4-2-3-5-13-20/h18H,2-14H2,1H3,(H,19,22). The van der Waals surface area contributed by atoms with Gasteiger partial charge in [-0.1, -0.05) is 12.8 Å². The molecule has 2 fully saturated rings. The third kappa shape index (κ3) is 5.18. The summed E-state index contributed by atoms with van der Waals surface area (Å²) in [5.41, 5.74) is -0.439. The molecule has 2 rings (SSSR count). The van der Waals surface area contributed by atoms with Crippen molar-refractivity contribution in [3.63, 3.8) is 0 Å². The number of methoxy groups -OCH3 is 1. The van der Waals surface area contributed by atoms with E-state index in [1.54, 1.807) is 7.11 Å². The van der Waals surface area contributed by atoms with Gasteiger partial charge >= 0.3 is 0 Å². The Morgan fingerprint density at radius 1 is 1.13 bits per heavy atom. The molecule has 23 heavy (non-hydrogen) atoms. The average Bonchev–Trinajstić information content (AvgIpc) is 2.85. The van der Waals surface area contributed by atoms with E-state index in [-0.39, 0.29) is 11.8 Å². The number of piperidine rings is 1. The van der Waals surface area contributed by atoms with Crippen molar-refractivity contribution in [3.8, 4) is 0 Å². The van der Waals surface area contributed by atoms with Crippen molar-refractivity contribution in [1.29, 1.82) is 0 Å². The van der Waals surface area contributed by atoms with Gasteiger partial charge in [-0.05, 0) is 38.8 Å². The molecule has 0 radical (unpaired) electrons. The van der Waals surface area contributed by atoms with Crippen molar-refractivity contribution in [1.82, 2.24) is 15.5 Å². The second-order valence-corrected chi connectivity index (χ2v) is 6.76. The topological polar surface area (TPSA) is 70.7 Å². The number of amides is 2. The lowest BCUT2D eigenvalue weighted by Gasteiger charge is -2.35. The third-order valence-corrected chi connectivity index (χ3v) is 5.05. The highest BCUT2D eigenvalue weighted by atomic mass is 16.5. The minimum Gasteiger partial charge on any atom is -0.384 e. The summed E-state index contributed by atoms with van der Waals surface area (Å²) in [5.74, 6) is 0.197. The molecule has 0 aromatic rings. The van der Waals surface area contributed by atoms with E-state index in [0.29, 0.717) is 19.6 Å². The van der Waals surface area contributed by atoms with Crippen molar-refractivity contribution in [2.24, 2.45) is 5.41 Å². The van der Waals surface area contributed by atoms with E-state index in [1.807, 2.05) is 4.90 Å². The molecule has 2 aliphatic rings. The zero-order valence-corrected chi connectivity index (χ0v) is 14.4. The largest absolute Gasteiger partial charge is 0.384 e. The van der Waals surface area contributed by atoms with Gasteiger partial charge in [0.2, 0.25) is 11.8 Å². The molecule has 0 aromatic heterocycles. The molecule has 6 heteroatoms. The summed E-state index contributed by atoms with van der Waals surface area (Å²) < 4.78 is 5.28. The van der Waals surface area contributed by atoms with E-state index in [0.717, 1.165) is 51.9 Å².